The molecule has 26 heavy (non-hydrogen) atoms. The van der Waals surface area contributed by atoms with E-state index >= 15 is 0 Å². The van der Waals surface area contributed by atoms with Crippen LogP contribution in [0, 0.1) is 0 Å². The number of benzene rings is 1. The first-order chi connectivity index (χ1) is 12.5. The first-order valence-electron chi connectivity index (χ1n) is 8.39. The van der Waals surface area contributed by atoms with E-state index in [2.05, 4.69) is 10.6 Å². The van der Waals surface area contributed by atoms with E-state index in [-0.39, 0.29) is 0 Å². The third-order valence-corrected chi connectivity index (χ3v) is 5.30. The molecule has 3 rings (SSSR count). The van der Waals surface area contributed by atoms with Gasteiger partial charge in [-0.05, 0) is 17.0 Å². The number of alkyl halides is 3. The van der Waals surface area contributed by atoms with Crippen molar-refractivity contribution in [3.8, 4) is 11.1 Å². The van der Waals surface area contributed by atoms with Crippen molar-refractivity contribution in [3.05, 3.63) is 46.7 Å². The fraction of sp³-hybridized carbons (Fsp3) is 0.389. The highest BCUT2D eigenvalue weighted by atomic mass is 32.1. The maximum atomic E-state index is 13.4. The number of halogens is 3. The van der Waals surface area contributed by atoms with E-state index in [1.54, 1.807) is 5.38 Å². The third-order valence-electron chi connectivity index (χ3n) is 4.38. The van der Waals surface area contributed by atoms with Crippen molar-refractivity contribution in [3.63, 3.8) is 0 Å². The first-order valence-corrected chi connectivity index (χ1v) is 9.27. The van der Waals surface area contributed by atoms with Crippen LogP contribution in [0.1, 0.15) is 9.67 Å². The van der Waals surface area contributed by atoms with E-state index in [0.717, 1.165) is 11.1 Å². The smallest absolute Gasteiger partial charge is 0.349 e. The van der Waals surface area contributed by atoms with Gasteiger partial charge in [0.25, 0.3) is 5.91 Å². The van der Waals surface area contributed by atoms with Gasteiger partial charge in [0.05, 0.1) is 4.88 Å². The second-order valence-electron chi connectivity index (χ2n) is 6.08. The van der Waals surface area contributed by atoms with Gasteiger partial charge >= 0.3 is 6.18 Å². The van der Waals surface area contributed by atoms with Crippen molar-refractivity contribution in [2.45, 2.75) is 12.2 Å². The fourth-order valence-corrected chi connectivity index (χ4v) is 3.88. The maximum Gasteiger partial charge on any atom is 0.405 e. The van der Waals surface area contributed by atoms with Gasteiger partial charge in [-0.3, -0.25) is 9.69 Å². The summed E-state index contributed by atoms with van der Waals surface area (Å²) >= 11 is 1.23. The minimum absolute atomic E-state index is 0.314. The molecule has 2 heterocycles. The molecule has 1 aliphatic heterocycles. The Morgan fingerprint density at radius 3 is 2.54 bits per heavy atom. The normalized spacial score (nSPS) is 17.0. The van der Waals surface area contributed by atoms with Crippen molar-refractivity contribution in [1.29, 1.82) is 0 Å². The van der Waals surface area contributed by atoms with Crippen LogP contribution in [0.15, 0.2) is 41.8 Å². The predicted octanol–water partition coefficient (Wildman–Crippen LogP) is 2.98. The average Bonchev–Trinajstić information content (AvgIpc) is 3.12. The quantitative estimate of drug-likeness (QED) is 0.834. The summed E-state index contributed by atoms with van der Waals surface area (Å²) < 4.78 is 40.3. The molecule has 1 aromatic carbocycles. The molecule has 4 nitrogen and oxygen atoms in total. The number of nitrogens with one attached hydrogen (secondary N) is 2. The van der Waals surface area contributed by atoms with Gasteiger partial charge < -0.3 is 10.6 Å². The number of rotatable bonds is 5. The third kappa shape index (κ3) is 4.44. The Morgan fingerprint density at radius 2 is 1.88 bits per heavy atom. The molecule has 0 saturated carbocycles. The Morgan fingerprint density at radius 1 is 1.19 bits per heavy atom. The fourth-order valence-electron chi connectivity index (χ4n) is 3.05. The Balaban J connectivity index is 1.70. The largest absolute Gasteiger partial charge is 0.405 e. The summed E-state index contributed by atoms with van der Waals surface area (Å²) in [7, 11) is 0. The van der Waals surface area contributed by atoms with Crippen LogP contribution in [-0.2, 0) is 0 Å². The van der Waals surface area contributed by atoms with Gasteiger partial charge in [0.15, 0.2) is 0 Å². The molecular formula is C18H20F3N3OS. The zero-order chi connectivity index (χ0) is 18.6. The van der Waals surface area contributed by atoms with Crippen LogP contribution in [0.3, 0.4) is 0 Å². The van der Waals surface area contributed by atoms with Crippen LogP contribution in [0.4, 0.5) is 13.2 Å². The average molecular weight is 383 g/mol. The van der Waals surface area contributed by atoms with Gasteiger partial charge in [-0.2, -0.15) is 13.2 Å². The molecule has 1 amide bonds. The molecule has 140 valence electrons. The topological polar surface area (TPSA) is 44.4 Å². The number of piperazine rings is 1. The summed E-state index contributed by atoms with van der Waals surface area (Å²) in [5, 5.41) is 7.30. The monoisotopic (exact) mass is 383 g/mol. The van der Waals surface area contributed by atoms with E-state index in [1.807, 2.05) is 36.4 Å². The molecule has 8 heteroatoms. The van der Waals surface area contributed by atoms with Crippen molar-refractivity contribution in [1.82, 2.24) is 15.5 Å². The number of amides is 1. The zero-order valence-corrected chi connectivity index (χ0v) is 14.9. The van der Waals surface area contributed by atoms with Crippen molar-refractivity contribution < 1.29 is 18.0 Å². The first kappa shape index (κ1) is 18.9. The SMILES string of the molecule is O=C(NCC(N1CCNCC1)C(F)(F)F)c1sccc1-c1ccccc1. The van der Waals surface area contributed by atoms with Crippen molar-refractivity contribution in [2.75, 3.05) is 32.7 Å². The van der Waals surface area contributed by atoms with Gasteiger partial charge in [0.2, 0.25) is 0 Å². The van der Waals surface area contributed by atoms with Crippen molar-refractivity contribution >= 4 is 17.2 Å². The van der Waals surface area contributed by atoms with E-state index in [0.29, 0.717) is 31.1 Å². The molecule has 0 radical (unpaired) electrons. The van der Waals surface area contributed by atoms with Gasteiger partial charge in [-0.1, -0.05) is 30.3 Å². The lowest BCUT2D eigenvalue weighted by molar-refractivity contribution is -0.183. The molecule has 2 N–H and O–H groups in total. The van der Waals surface area contributed by atoms with E-state index in [1.165, 1.54) is 16.2 Å². The van der Waals surface area contributed by atoms with Crippen LogP contribution >= 0.6 is 11.3 Å². The second kappa shape index (κ2) is 8.20. The molecule has 1 unspecified atom stereocenters. The van der Waals surface area contributed by atoms with Crippen LogP contribution in [0.2, 0.25) is 0 Å². The minimum atomic E-state index is -4.39. The molecule has 1 aliphatic rings. The minimum Gasteiger partial charge on any atom is -0.349 e. The van der Waals surface area contributed by atoms with Crippen LogP contribution in [0.25, 0.3) is 11.1 Å². The van der Waals surface area contributed by atoms with Crippen LogP contribution in [0.5, 0.6) is 0 Å². The lowest BCUT2D eigenvalue weighted by atomic mass is 10.1. The van der Waals surface area contributed by atoms with Gasteiger partial charge in [0.1, 0.15) is 6.04 Å². The van der Waals surface area contributed by atoms with E-state index in [4.69, 9.17) is 0 Å². The van der Waals surface area contributed by atoms with Gasteiger partial charge in [-0.15, -0.1) is 11.3 Å². The number of thiophene rings is 1. The number of hydrogen-bond acceptors (Lipinski definition) is 4. The summed E-state index contributed by atoms with van der Waals surface area (Å²) in [5.41, 5.74) is 1.60. The number of carbonyl (C=O) groups is 1. The van der Waals surface area contributed by atoms with Crippen molar-refractivity contribution in [2.24, 2.45) is 0 Å². The van der Waals surface area contributed by atoms with Crippen LogP contribution in [-0.4, -0.2) is 55.7 Å². The summed E-state index contributed by atoms with van der Waals surface area (Å²) in [6.45, 7) is 1.21. The van der Waals surface area contributed by atoms with E-state index in [9.17, 15) is 18.0 Å². The van der Waals surface area contributed by atoms with E-state index < -0.39 is 24.7 Å². The summed E-state index contributed by atoms with van der Waals surface area (Å²) in [6, 6.07) is 9.48. The predicted molar refractivity (Wildman–Crippen MR) is 96.4 cm³/mol. The molecule has 1 atom stereocenters. The van der Waals surface area contributed by atoms with Gasteiger partial charge in [-0.25, -0.2) is 0 Å². The molecule has 1 fully saturated rings. The molecule has 0 spiro atoms. The highest BCUT2D eigenvalue weighted by Crippen LogP contribution is 2.29. The highest BCUT2D eigenvalue weighted by molar-refractivity contribution is 7.12. The number of nitrogens with zero attached hydrogens (tertiary/aromatic N) is 1. The molecule has 0 bridgehead atoms. The highest BCUT2D eigenvalue weighted by Gasteiger charge is 2.43. The summed E-state index contributed by atoms with van der Waals surface area (Å²) in [5.74, 6) is -0.469. The maximum absolute atomic E-state index is 13.4. The second-order valence-corrected chi connectivity index (χ2v) is 7.00. The molecular weight excluding hydrogens is 363 g/mol. The van der Waals surface area contributed by atoms with Crippen LogP contribution < -0.4 is 10.6 Å². The zero-order valence-electron chi connectivity index (χ0n) is 14.1. The Labute approximate surface area is 154 Å². The Bertz CT molecular complexity index is 727. The summed E-state index contributed by atoms with van der Waals surface area (Å²) in [6.07, 6.45) is -4.39. The molecule has 1 aromatic heterocycles. The Hall–Kier alpha value is -1.90. The lowest BCUT2D eigenvalue weighted by Crippen LogP contribution is -2.57. The molecule has 0 aliphatic carbocycles. The number of carbonyl (C=O) groups excluding carboxylic acids is 1. The molecule has 2 aromatic rings. The summed E-state index contributed by atoms with van der Waals surface area (Å²) in [4.78, 5) is 14.3. The Kier molecular flexibility index (Phi) is 5.95. The van der Waals surface area contributed by atoms with Gasteiger partial charge in [0, 0.05) is 38.3 Å². The molecule has 1 saturated heterocycles. The lowest BCUT2D eigenvalue weighted by Gasteiger charge is -2.35. The number of hydrogen-bond donors (Lipinski definition) is 2. The standard InChI is InChI=1S/C18H20F3N3OS/c19-18(20,21)15(24-9-7-22-8-10-24)12-23-17(25)16-14(6-11-26-16)13-4-2-1-3-5-13/h1-6,11,15,22H,7-10,12H2,(H,23,25).